The van der Waals surface area contributed by atoms with Gasteiger partial charge in [0.1, 0.15) is 11.4 Å². The molecule has 2 aromatic carbocycles. The number of aromatic nitrogens is 2. The number of hydrogen-bond donors (Lipinski definition) is 2. The van der Waals surface area contributed by atoms with Crippen LogP contribution in [0, 0.1) is 0 Å². The molecule has 0 bridgehead atoms. The number of amides is 1. The van der Waals surface area contributed by atoms with E-state index in [-0.39, 0.29) is 11.6 Å². The number of anilines is 2. The fraction of sp³-hybridized carbons (Fsp3) is 0.105. The summed E-state index contributed by atoms with van der Waals surface area (Å²) < 4.78 is 5.11. The summed E-state index contributed by atoms with van der Waals surface area (Å²) in [4.78, 5) is 20.7. The second kappa shape index (κ2) is 8.31. The Labute approximate surface area is 156 Å². The Morgan fingerprint density at radius 3 is 2.50 bits per heavy atom. The molecular formula is C19H17ClN4O2. The Balaban J connectivity index is 1.62. The summed E-state index contributed by atoms with van der Waals surface area (Å²) in [7, 11) is 1.61. The van der Waals surface area contributed by atoms with Gasteiger partial charge in [-0.3, -0.25) is 4.79 Å². The quantitative estimate of drug-likeness (QED) is 0.691. The normalized spacial score (nSPS) is 10.2. The molecule has 26 heavy (non-hydrogen) atoms. The minimum atomic E-state index is -0.276. The number of halogens is 1. The maximum atomic E-state index is 12.3. The maximum absolute atomic E-state index is 12.3. The standard InChI is InChI=1S/C19H17ClN4O2/c1-26-16-8-2-13(3-9-16)12-22-18(25)17-10-11-21-19(24-17)23-15-6-4-14(20)5-7-15/h2-11H,12H2,1H3,(H,22,25)(H,21,23,24). The van der Waals surface area contributed by atoms with E-state index in [2.05, 4.69) is 20.6 Å². The third-order valence-electron chi connectivity index (χ3n) is 3.60. The zero-order chi connectivity index (χ0) is 18.4. The number of methoxy groups -OCH3 is 1. The smallest absolute Gasteiger partial charge is 0.270 e. The molecule has 3 rings (SSSR count). The lowest BCUT2D eigenvalue weighted by atomic mass is 10.2. The van der Waals surface area contributed by atoms with Crippen molar-refractivity contribution in [3.8, 4) is 5.75 Å². The second-order valence-electron chi connectivity index (χ2n) is 5.43. The molecule has 0 radical (unpaired) electrons. The fourth-order valence-corrected chi connectivity index (χ4v) is 2.35. The molecule has 0 aliphatic carbocycles. The number of benzene rings is 2. The first kappa shape index (κ1) is 17.7. The molecule has 0 unspecified atom stereocenters. The predicted molar refractivity (Wildman–Crippen MR) is 101 cm³/mol. The molecule has 6 nitrogen and oxygen atoms in total. The van der Waals surface area contributed by atoms with Crippen molar-refractivity contribution in [1.29, 1.82) is 0 Å². The zero-order valence-electron chi connectivity index (χ0n) is 14.1. The molecule has 0 aliphatic rings. The molecule has 7 heteroatoms. The van der Waals surface area contributed by atoms with Gasteiger partial charge in [0.05, 0.1) is 7.11 Å². The van der Waals surface area contributed by atoms with Crippen molar-refractivity contribution in [2.75, 3.05) is 12.4 Å². The SMILES string of the molecule is COc1ccc(CNC(=O)c2ccnc(Nc3ccc(Cl)cc3)n2)cc1. The minimum absolute atomic E-state index is 0.276. The van der Waals surface area contributed by atoms with Crippen LogP contribution in [0.1, 0.15) is 16.1 Å². The van der Waals surface area contributed by atoms with E-state index in [4.69, 9.17) is 16.3 Å². The van der Waals surface area contributed by atoms with Crippen LogP contribution in [-0.4, -0.2) is 23.0 Å². The van der Waals surface area contributed by atoms with Gasteiger partial charge < -0.3 is 15.4 Å². The molecule has 0 aliphatic heterocycles. The molecule has 0 spiro atoms. The summed E-state index contributed by atoms with van der Waals surface area (Å²) >= 11 is 5.86. The summed E-state index contributed by atoms with van der Waals surface area (Å²) in [6, 6.07) is 16.2. The predicted octanol–water partition coefficient (Wildman–Crippen LogP) is 3.81. The fourth-order valence-electron chi connectivity index (χ4n) is 2.22. The lowest BCUT2D eigenvalue weighted by molar-refractivity contribution is 0.0946. The molecule has 0 saturated heterocycles. The van der Waals surface area contributed by atoms with Crippen LogP contribution in [0.5, 0.6) is 5.75 Å². The lowest BCUT2D eigenvalue weighted by Gasteiger charge is -2.08. The Hall–Kier alpha value is -3.12. The first-order valence-electron chi connectivity index (χ1n) is 7.91. The van der Waals surface area contributed by atoms with Crippen LogP contribution in [0.3, 0.4) is 0 Å². The van der Waals surface area contributed by atoms with Gasteiger partial charge in [-0.1, -0.05) is 23.7 Å². The van der Waals surface area contributed by atoms with Crippen molar-refractivity contribution < 1.29 is 9.53 Å². The minimum Gasteiger partial charge on any atom is -0.497 e. The average molecular weight is 369 g/mol. The van der Waals surface area contributed by atoms with Gasteiger partial charge in [-0.2, -0.15) is 0 Å². The van der Waals surface area contributed by atoms with Crippen LogP contribution >= 0.6 is 11.6 Å². The lowest BCUT2D eigenvalue weighted by Crippen LogP contribution is -2.24. The number of carbonyl (C=O) groups is 1. The topological polar surface area (TPSA) is 76.1 Å². The summed E-state index contributed by atoms with van der Waals surface area (Å²) in [5.41, 5.74) is 2.03. The van der Waals surface area contributed by atoms with E-state index in [9.17, 15) is 4.79 Å². The van der Waals surface area contributed by atoms with Crippen molar-refractivity contribution in [3.63, 3.8) is 0 Å². The first-order chi connectivity index (χ1) is 12.6. The van der Waals surface area contributed by atoms with Gasteiger partial charge in [0, 0.05) is 23.5 Å². The van der Waals surface area contributed by atoms with Crippen molar-refractivity contribution in [3.05, 3.63) is 77.1 Å². The van der Waals surface area contributed by atoms with E-state index in [0.29, 0.717) is 17.5 Å². The number of nitrogens with one attached hydrogen (secondary N) is 2. The van der Waals surface area contributed by atoms with E-state index in [0.717, 1.165) is 17.0 Å². The number of rotatable bonds is 6. The van der Waals surface area contributed by atoms with Crippen LogP contribution in [0.2, 0.25) is 5.02 Å². The first-order valence-corrected chi connectivity index (χ1v) is 8.28. The van der Waals surface area contributed by atoms with Gasteiger partial charge >= 0.3 is 0 Å². The number of hydrogen-bond acceptors (Lipinski definition) is 5. The molecule has 132 valence electrons. The highest BCUT2D eigenvalue weighted by molar-refractivity contribution is 6.30. The molecule has 0 fully saturated rings. The third-order valence-corrected chi connectivity index (χ3v) is 3.85. The molecule has 1 aromatic heterocycles. The zero-order valence-corrected chi connectivity index (χ0v) is 14.8. The molecule has 0 atom stereocenters. The summed E-state index contributed by atoms with van der Waals surface area (Å²) in [5, 5.41) is 6.52. The maximum Gasteiger partial charge on any atom is 0.270 e. The number of nitrogens with zero attached hydrogens (tertiary/aromatic N) is 2. The summed E-state index contributed by atoms with van der Waals surface area (Å²) in [6.45, 7) is 0.396. The van der Waals surface area contributed by atoms with E-state index in [1.54, 1.807) is 25.3 Å². The van der Waals surface area contributed by atoms with Crippen LogP contribution in [0.15, 0.2) is 60.8 Å². The Bertz CT molecular complexity index is 883. The van der Waals surface area contributed by atoms with Crippen LogP contribution in [0.4, 0.5) is 11.6 Å². The van der Waals surface area contributed by atoms with Crippen molar-refractivity contribution in [1.82, 2.24) is 15.3 Å². The van der Waals surface area contributed by atoms with E-state index in [1.807, 2.05) is 36.4 Å². The average Bonchev–Trinajstić information content (AvgIpc) is 2.68. The van der Waals surface area contributed by atoms with Gasteiger partial charge in [-0.25, -0.2) is 9.97 Å². The van der Waals surface area contributed by atoms with Crippen LogP contribution < -0.4 is 15.4 Å². The number of ether oxygens (including phenoxy) is 1. The Morgan fingerprint density at radius 2 is 1.81 bits per heavy atom. The highest BCUT2D eigenvalue weighted by atomic mass is 35.5. The third kappa shape index (κ3) is 4.70. The van der Waals surface area contributed by atoms with Crippen molar-refractivity contribution in [2.45, 2.75) is 6.54 Å². The highest BCUT2D eigenvalue weighted by Gasteiger charge is 2.09. The molecular weight excluding hydrogens is 352 g/mol. The Kier molecular flexibility index (Phi) is 5.66. The Morgan fingerprint density at radius 1 is 1.08 bits per heavy atom. The van der Waals surface area contributed by atoms with E-state index in [1.165, 1.54) is 6.20 Å². The van der Waals surface area contributed by atoms with Gasteiger partial charge in [0.2, 0.25) is 5.95 Å². The van der Waals surface area contributed by atoms with Gasteiger partial charge in [0.25, 0.3) is 5.91 Å². The largest absolute Gasteiger partial charge is 0.497 e. The number of carbonyl (C=O) groups excluding carboxylic acids is 1. The van der Waals surface area contributed by atoms with Crippen molar-refractivity contribution >= 4 is 29.1 Å². The van der Waals surface area contributed by atoms with Gasteiger partial charge in [-0.05, 0) is 48.0 Å². The highest BCUT2D eigenvalue weighted by Crippen LogP contribution is 2.16. The molecule has 1 heterocycles. The van der Waals surface area contributed by atoms with E-state index >= 15 is 0 Å². The van der Waals surface area contributed by atoms with Crippen LogP contribution in [-0.2, 0) is 6.54 Å². The molecule has 0 saturated carbocycles. The second-order valence-corrected chi connectivity index (χ2v) is 5.86. The van der Waals surface area contributed by atoms with Gasteiger partial charge in [-0.15, -0.1) is 0 Å². The van der Waals surface area contributed by atoms with Crippen LogP contribution in [0.25, 0.3) is 0 Å². The van der Waals surface area contributed by atoms with Crippen molar-refractivity contribution in [2.24, 2.45) is 0 Å². The monoisotopic (exact) mass is 368 g/mol. The summed E-state index contributed by atoms with van der Waals surface area (Å²) in [6.07, 6.45) is 1.54. The summed E-state index contributed by atoms with van der Waals surface area (Å²) in [5.74, 6) is 0.834. The van der Waals surface area contributed by atoms with E-state index < -0.39 is 0 Å². The molecule has 3 aromatic rings. The molecule has 1 amide bonds. The molecule has 2 N–H and O–H groups in total. The van der Waals surface area contributed by atoms with Gasteiger partial charge in [0.15, 0.2) is 0 Å².